The maximum atomic E-state index is 13.1. The van der Waals surface area contributed by atoms with Gasteiger partial charge in [-0.15, -0.1) is 0 Å². The number of aliphatic hydroxyl groups is 1. The predicted octanol–water partition coefficient (Wildman–Crippen LogP) is 6.01. The maximum Gasteiger partial charge on any atom is 0.415 e. The molecule has 39 heavy (non-hydrogen) atoms. The summed E-state index contributed by atoms with van der Waals surface area (Å²) in [6.07, 6.45) is 12.1. The number of likely N-dealkylation sites (tertiary alicyclic amines) is 1. The molecule has 1 N–H and O–H groups in total. The van der Waals surface area contributed by atoms with Crippen molar-refractivity contribution in [1.82, 2.24) is 9.80 Å². The summed E-state index contributed by atoms with van der Waals surface area (Å²) in [6.45, 7) is 9.99. The molecule has 6 nitrogen and oxygen atoms in total. The van der Waals surface area contributed by atoms with Crippen molar-refractivity contribution < 1.29 is 19.4 Å². The van der Waals surface area contributed by atoms with E-state index < -0.39 is 0 Å². The molecule has 5 aliphatic rings. The van der Waals surface area contributed by atoms with Gasteiger partial charge >= 0.3 is 6.09 Å². The predicted molar refractivity (Wildman–Crippen MR) is 153 cm³/mol. The fourth-order valence-electron chi connectivity index (χ4n) is 9.26. The topological polar surface area (TPSA) is 62.2 Å². The molecule has 216 valence electrons. The molecule has 2 heterocycles. The second-order valence-corrected chi connectivity index (χ2v) is 13.5. The largest absolute Gasteiger partial charge is 0.415 e. The van der Waals surface area contributed by atoms with Crippen molar-refractivity contribution in [3.05, 3.63) is 29.3 Å². The summed E-state index contributed by atoms with van der Waals surface area (Å²) in [7, 11) is 0. The van der Waals surface area contributed by atoms with E-state index in [4.69, 9.17) is 9.47 Å². The molecule has 0 bridgehead atoms. The lowest BCUT2D eigenvalue weighted by Crippen LogP contribution is -2.48. The van der Waals surface area contributed by atoms with E-state index in [-0.39, 0.29) is 17.6 Å². The van der Waals surface area contributed by atoms with Gasteiger partial charge in [0, 0.05) is 38.8 Å². The van der Waals surface area contributed by atoms with Crippen LogP contribution in [0.1, 0.15) is 95.1 Å². The zero-order valence-corrected chi connectivity index (χ0v) is 24.3. The molecule has 0 radical (unpaired) electrons. The Hall–Kier alpha value is -1.63. The van der Waals surface area contributed by atoms with Gasteiger partial charge in [-0.05, 0) is 110 Å². The number of nitrogens with zero attached hydrogens (tertiary/aromatic N) is 2. The Bertz CT molecular complexity index is 999. The first-order valence-corrected chi connectivity index (χ1v) is 16.1. The lowest BCUT2D eigenvalue weighted by atomic mass is 9.52. The molecule has 2 saturated carbocycles. The number of rotatable bonds is 5. The van der Waals surface area contributed by atoms with E-state index in [9.17, 15) is 9.90 Å². The minimum atomic E-state index is -0.197. The van der Waals surface area contributed by atoms with Gasteiger partial charge in [-0.3, -0.25) is 4.90 Å². The molecule has 0 aromatic heterocycles. The van der Waals surface area contributed by atoms with Crippen LogP contribution in [0.2, 0.25) is 0 Å². The van der Waals surface area contributed by atoms with Crippen LogP contribution in [-0.2, 0) is 11.2 Å². The van der Waals surface area contributed by atoms with Gasteiger partial charge in [-0.2, -0.15) is 0 Å². The Morgan fingerprint density at radius 3 is 2.77 bits per heavy atom. The first-order chi connectivity index (χ1) is 19.0. The minimum Gasteiger partial charge on any atom is -0.410 e. The van der Waals surface area contributed by atoms with Crippen LogP contribution >= 0.6 is 0 Å². The molecule has 4 fully saturated rings. The van der Waals surface area contributed by atoms with Crippen molar-refractivity contribution in [2.75, 3.05) is 39.4 Å². The third-order valence-electron chi connectivity index (χ3n) is 11.5. The van der Waals surface area contributed by atoms with Crippen LogP contribution in [-0.4, -0.2) is 72.5 Å². The van der Waals surface area contributed by atoms with E-state index in [0.29, 0.717) is 35.5 Å². The Morgan fingerprint density at radius 2 is 1.95 bits per heavy atom. The number of amides is 1. The number of ether oxygens (including phenoxy) is 2. The molecule has 6 atom stereocenters. The van der Waals surface area contributed by atoms with Crippen molar-refractivity contribution in [3.63, 3.8) is 0 Å². The number of hydrogen-bond donors (Lipinski definition) is 1. The zero-order chi connectivity index (χ0) is 27.0. The van der Waals surface area contributed by atoms with Crippen LogP contribution < -0.4 is 4.74 Å². The van der Waals surface area contributed by atoms with Crippen molar-refractivity contribution in [2.45, 2.75) is 103 Å². The summed E-state index contributed by atoms with van der Waals surface area (Å²) in [4.78, 5) is 17.6. The highest BCUT2D eigenvalue weighted by Crippen LogP contribution is 2.62. The SMILES string of the molecule is CCCC[C@@H]1Cc2cc(OC(=O)N3CCC(N4CCCOCC4)CC3)ccc2[C@H]2CC[C@]3(C)[C@@H](O)CC[C@H]3[C@H]12. The van der Waals surface area contributed by atoms with E-state index in [1.807, 2.05) is 11.0 Å². The van der Waals surface area contributed by atoms with Gasteiger partial charge in [0.15, 0.2) is 0 Å². The van der Waals surface area contributed by atoms with Crippen LogP contribution in [0, 0.1) is 23.2 Å². The molecule has 1 aromatic carbocycles. The van der Waals surface area contributed by atoms with Gasteiger partial charge in [0.1, 0.15) is 5.75 Å². The van der Waals surface area contributed by atoms with Crippen LogP contribution in [0.15, 0.2) is 18.2 Å². The summed E-state index contributed by atoms with van der Waals surface area (Å²) >= 11 is 0. The minimum absolute atomic E-state index is 0.0903. The summed E-state index contributed by atoms with van der Waals surface area (Å²) < 4.78 is 11.6. The smallest absolute Gasteiger partial charge is 0.410 e. The first-order valence-electron chi connectivity index (χ1n) is 16.1. The molecular formula is C33H50N2O4. The van der Waals surface area contributed by atoms with E-state index in [2.05, 4.69) is 30.9 Å². The number of piperidine rings is 1. The number of carbonyl (C=O) groups is 1. The number of aliphatic hydroxyl groups excluding tert-OH is 1. The standard InChI is InChI=1S/C33H50N2O4/c1-3-4-6-23-21-24-22-26(7-8-27(24)28-11-14-33(2)29(31(23)28)9-10-30(33)36)39-32(37)35-16-12-25(13-17-35)34-15-5-19-38-20-18-34/h7-8,22-23,25,28-31,36H,3-6,9-21H2,1-2H3/t23-,28-,29+,30+,31-,33+/m1/s1. The number of hydrogen-bond acceptors (Lipinski definition) is 5. The average Bonchev–Trinajstić information content (AvgIpc) is 3.11. The first kappa shape index (κ1) is 27.5. The second kappa shape index (κ2) is 11.7. The van der Waals surface area contributed by atoms with Gasteiger partial charge in [-0.25, -0.2) is 4.79 Å². The number of fused-ring (bicyclic) bond motifs is 5. The Balaban J connectivity index is 1.13. The van der Waals surface area contributed by atoms with Crippen molar-refractivity contribution in [2.24, 2.45) is 23.2 Å². The highest BCUT2D eigenvalue weighted by Gasteiger charge is 2.56. The quantitative estimate of drug-likeness (QED) is 0.498. The fourth-order valence-corrected chi connectivity index (χ4v) is 9.26. The number of unbranched alkanes of at least 4 members (excludes halogenated alkanes) is 1. The van der Waals surface area contributed by atoms with Crippen LogP contribution in [0.25, 0.3) is 0 Å². The molecule has 1 amide bonds. The van der Waals surface area contributed by atoms with Gasteiger partial charge in [0.05, 0.1) is 12.7 Å². The van der Waals surface area contributed by atoms with Gasteiger partial charge in [0.25, 0.3) is 0 Å². The Labute approximate surface area is 235 Å². The third-order valence-corrected chi connectivity index (χ3v) is 11.5. The van der Waals surface area contributed by atoms with Crippen molar-refractivity contribution in [3.8, 4) is 5.75 Å². The molecule has 0 unspecified atom stereocenters. The lowest BCUT2D eigenvalue weighted by Gasteiger charge is -2.53. The number of carbonyl (C=O) groups excluding carboxylic acids is 1. The van der Waals surface area contributed by atoms with Crippen LogP contribution in [0.3, 0.4) is 0 Å². The van der Waals surface area contributed by atoms with E-state index >= 15 is 0 Å². The van der Waals surface area contributed by atoms with Crippen LogP contribution in [0.5, 0.6) is 5.75 Å². The maximum absolute atomic E-state index is 13.1. The van der Waals surface area contributed by atoms with Crippen molar-refractivity contribution >= 4 is 6.09 Å². The Morgan fingerprint density at radius 1 is 1.10 bits per heavy atom. The zero-order valence-electron chi connectivity index (χ0n) is 24.3. The molecule has 0 spiro atoms. The average molecular weight is 539 g/mol. The molecular weight excluding hydrogens is 488 g/mol. The summed E-state index contributed by atoms with van der Waals surface area (Å²) in [6, 6.07) is 7.05. The van der Waals surface area contributed by atoms with Crippen LogP contribution in [0.4, 0.5) is 4.79 Å². The van der Waals surface area contributed by atoms with E-state index in [1.165, 1.54) is 43.2 Å². The molecule has 1 aromatic rings. The van der Waals surface area contributed by atoms with Gasteiger partial charge in [0.2, 0.25) is 0 Å². The Kier molecular flexibility index (Phi) is 8.26. The highest BCUT2D eigenvalue weighted by molar-refractivity contribution is 5.71. The molecule has 6 rings (SSSR count). The second-order valence-electron chi connectivity index (χ2n) is 13.5. The van der Waals surface area contributed by atoms with E-state index in [1.54, 1.807) is 0 Å². The summed E-state index contributed by atoms with van der Waals surface area (Å²) in [5.41, 5.74) is 2.97. The summed E-state index contributed by atoms with van der Waals surface area (Å²) in [5.74, 6) is 3.24. The molecule has 2 aliphatic heterocycles. The molecule has 6 heteroatoms. The monoisotopic (exact) mass is 538 g/mol. The number of benzene rings is 1. The lowest BCUT2D eigenvalue weighted by molar-refractivity contribution is -0.0395. The van der Waals surface area contributed by atoms with E-state index in [0.717, 1.165) is 77.9 Å². The normalized spacial score (nSPS) is 35.6. The highest BCUT2D eigenvalue weighted by atomic mass is 16.6. The fraction of sp³-hybridized carbons (Fsp3) is 0.788. The summed E-state index contributed by atoms with van der Waals surface area (Å²) in [5, 5.41) is 10.9. The van der Waals surface area contributed by atoms with Crippen molar-refractivity contribution in [1.29, 1.82) is 0 Å². The molecule has 3 aliphatic carbocycles. The van der Waals surface area contributed by atoms with Gasteiger partial charge < -0.3 is 19.5 Å². The molecule has 2 saturated heterocycles. The van der Waals surface area contributed by atoms with Gasteiger partial charge in [-0.1, -0.05) is 32.8 Å². The third kappa shape index (κ3) is 5.38.